The summed E-state index contributed by atoms with van der Waals surface area (Å²) in [6, 6.07) is 5.71. The molecule has 20 heavy (non-hydrogen) atoms. The topological polar surface area (TPSA) is 69.8 Å². The van der Waals surface area contributed by atoms with Crippen LogP contribution in [0.25, 0.3) is 0 Å². The maximum absolute atomic E-state index is 12.9. The quantitative estimate of drug-likeness (QED) is 0.833. The van der Waals surface area contributed by atoms with Gasteiger partial charge in [-0.2, -0.15) is 0 Å². The lowest BCUT2D eigenvalue weighted by Crippen LogP contribution is -2.47. The molecule has 1 saturated heterocycles. The molecule has 0 aliphatic carbocycles. The fraction of sp³-hybridized carbons (Fsp3) is 0.500. The molecule has 1 aliphatic heterocycles. The first kappa shape index (κ1) is 14.7. The number of rotatable bonds is 5. The number of hydrogen-bond donors (Lipinski definition) is 2. The second-order valence-corrected chi connectivity index (χ2v) is 5.04. The van der Waals surface area contributed by atoms with E-state index in [0.29, 0.717) is 13.0 Å². The van der Waals surface area contributed by atoms with E-state index < -0.39 is 12.0 Å². The van der Waals surface area contributed by atoms with Crippen molar-refractivity contribution in [3.8, 4) is 0 Å². The van der Waals surface area contributed by atoms with Gasteiger partial charge in [0.25, 0.3) is 0 Å². The van der Waals surface area contributed by atoms with Crippen molar-refractivity contribution in [2.45, 2.75) is 12.5 Å². The Bertz CT molecular complexity index is 444. The average molecular weight is 281 g/mol. The van der Waals surface area contributed by atoms with Gasteiger partial charge in [0.15, 0.2) is 0 Å². The number of carboxylic acid groups (broad SMARTS) is 1. The number of halogens is 1. The molecule has 1 aliphatic rings. The standard InChI is InChI=1S/C14H20FN3O2/c15-11-1-3-12(4-2-11)18-9-7-17(8-10-18)6-5-13(16)14(19)20/h1-4,13H,5-10,16H2,(H,19,20). The molecule has 1 fully saturated rings. The van der Waals surface area contributed by atoms with E-state index in [2.05, 4.69) is 9.80 Å². The Labute approximate surface area is 117 Å². The molecule has 1 aromatic rings. The first-order valence-electron chi connectivity index (χ1n) is 6.77. The van der Waals surface area contributed by atoms with Crippen molar-refractivity contribution in [1.82, 2.24) is 4.90 Å². The van der Waals surface area contributed by atoms with Gasteiger partial charge in [-0.3, -0.25) is 9.69 Å². The van der Waals surface area contributed by atoms with Crippen molar-refractivity contribution in [3.05, 3.63) is 30.1 Å². The minimum atomic E-state index is -0.949. The highest BCUT2D eigenvalue weighted by atomic mass is 19.1. The van der Waals surface area contributed by atoms with Gasteiger partial charge in [-0.1, -0.05) is 0 Å². The predicted molar refractivity (Wildman–Crippen MR) is 75.3 cm³/mol. The third-order valence-electron chi connectivity index (χ3n) is 3.64. The second-order valence-electron chi connectivity index (χ2n) is 5.04. The van der Waals surface area contributed by atoms with Crippen molar-refractivity contribution in [2.75, 3.05) is 37.6 Å². The normalized spacial score (nSPS) is 18.0. The maximum atomic E-state index is 12.9. The SMILES string of the molecule is NC(CCN1CCN(c2ccc(F)cc2)CC1)C(=O)O. The predicted octanol–water partition coefficient (Wildman–Crippen LogP) is 0.750. The minimum absolute atomic E-state index is 0.227. The van der Waals surface area contributed by atoms with Gasteiger partial charge in [0.1, 0.15) is 11.9 Å². The van der Waals surface area contributed by atoms with Gasteiger partial charge >= 0.3 is 5.97 Å². The molecule has 110 valence electrons. The zero-order chi connectivity index (χ0) is 14.5. The van der Waals surface area contributed by atoms with E-state index in [4.69, 9.17) is 10.8 Å². The molecule has 0 amide bonds. The fourth-order valence-corrected chi connectivity index (χ4v) is 2.33. The Kier molecular flexibility index (Phi) is 4.92. The Hall–Kier alpha value is -1.66. The van der Waals surface area contributed by atoms with E-state index >= 15 is 0 Å². The molecule has 1 unspecified atom stereocenters. The van der Waals surface area contributed by atoms with E-state index in [1.54, 1.807) is 12.1 Å². The highest BCUT2D eigenvalue weighted by Crippen LogP contribution is 2.16. The van der Waals surface area contributed by atoms with Crippen molar-refractivity contribution in [1.29, 1.82) is 0 Å². The van der Waals surface area contributed by atoms with Crippen LogP contribution in [0, 0.1) is 5.82 Å². The molecular weight excluding hydrogens is 261 g/mol. The number of piperazine rings is 1. The summed E-state index contributed by atoms with van der Waals surface area (Å²) in [7, 11) is 0. The fourth-order valence-electron chi connectivity index (χ4n) is 2.33. The number of carboxylic acids is 1. The molecule has 1 aromatic carbocycles. The monoisotopic (exact) mass is 281 g/mol. The van der Waals surface area contributed by atoms with Crippen LogP contribution < -0.4 is 10.6 Å². The molecule has 0 aromatic heterocycles. The Balaban J connectivity index is 1.77. The first-order chi connectivity index (χ1) is 9.56. The summed E-state index contributed by atoms with van der Waals surface area (Å²) in [4.78, 5) is 15.1. The molecule has 0 spiro atoms. The summed E-state index contributed by atoms with van der Waals surface area (Å²) in [6.07, 6.45) is 0.464. The molecule has 0 saturated carbocycles. The van der Waals surface area contributed by atoms with Gasteiger partial charge in [-0.25, -0.2) is 4.39 Å². The van der Waals surface area contributed by atoms with E-state index in [1.807, 2.05) is 0 Å². The van der Waals surface area contributed by atoms with Crippen LogP contribution in [0.1, 0.15) is 6.42 Å². The van der Waals surface area contributed by atoms with E-state index in [1.165, 1.54) is 12.1 Å². The third kappa shape index (κ3) is 3.91. The highest BCUT2D eigenvalue weighted by molar-refractivity contribution is 5.72. The number of anilines is 1. The number of nitrogens with two attached hydrogens (primary N) is 1. The van der Waals surface area contributed by atoms with Crippen LogP contribution >= 0.6 is 0 Å². The second kappa shape index (κ2) is 6.67. The lowest BCUT2D eigenvalue weighted by atomic mass is 10.2. The summed E-state index contributed by atoms with van der Waals surface area (Å²) in [5, 5.41) is 8.74. The highest BCUT2D eigenvalue weighted by Gasteiger charge is 2.19. The van der Waals surface area contributed by atoms with Crippen LogP contribution in [-0.4, -0.2) is 54.7 Å². The maximum Gasteiger partial charge on any atom is 0.320 e. The van der Waals surface area contributed by atoms with Gasteiger partial charge in [-0.15, -0.1) is 0 Å². The van der Waals surface area contributed by atoms with Gasteiger partial charge in [0.2, 0.25) is 0 Å². The van der Waals surface area contributed by atoms with Crippen LogP contribution in [0.3, 0.4) is 0 Å². The van der Waals surface area contributed by atoms with Crippen molar-refractivity contribution in [2.24, 2.45) is 5.73 Å². The molecule has 6 heteroatoms. The minimum Gasteiger partial charge on any atom is -0.480 e. The van der Waals surface area contributed by atoms with Crippen molar-refractivity contribution < 1.29 is 14.3 Å². The molecule has 0 radical (unpaired) electrons. The third-order valence-corrected chi connectivity index (χ3v) is 3.64. The molecule has 1 atom stereocenters. The number of carbonyl (C=O) groups is 1. The van der Waals surface area contributed by atoms with E-state index in [0.717, 1.165) is 31.9 Å². The number of benzene rings is 1. The number of aliphatic carboxylic acids is 1. The first-order valence-corrected chi connectivity index (χ1v) is 6.77. The van der Waals surface area contributed by atoms with Gasteiger partial charge in [0.05, 0.1) is 0 Å². The largest absolute Gasteiger partial charge is 0.480 e. The molecule has 1 heterocycles. The van der Waals surface area contributed by atoms with Crippen LogP contribution in [0.2, 0.25) is 0 Å². The Morgan fingerprint density at radius 2 is 1.85 bits per heavy atom. The van der Waals surface area contributed by atoms with E-state index in [-0.39, 0.29) is 5.82 Å². The smallest absolute Gasteiger partial charge is 0.320 e. The van der Waals surface area contributed by atoms with Crippen LogP contribution in [0.4, 0.5) is 10.1 Å². The molecular formula is C14H20FN3O2. The average Bonchev–Trinajstić information content (AvgIpc) is 2.46. The zero-order valence-corrected chi connectivity index (χ0v) is 11.3. The van der Waals surface area contributed by atoms with Gasteiger partial charge < -0.3 is 15.7 Å². The zero-order valence-electron chi connectivity index (χ0n) is 11.3. The van der Waals surface area contributed by atoms with Gasteiger partial charge in [-0.05, 0) is 30.7 Å². The lowest BCUT2D eigenvalue weighted by molar-refractivity contribution is -0.138. The van der Waals surface area contributed by atoms with Crippen LogP contribution in [0.5, 0.6) is 0 Å². The summed E-state index contributed by atoms with van der Waals surface area (Å²) in [5.41, 5.74) is 6.52. The lowest BCUT2D eigenvalue weighted by Gasteiger charge is -2.36. The summed E-state index contributed by atoms with van der Waals surface area (Å²) in [5.74, 6) is -1.18. The summed E-state index contributed by atoms with van der Waals surface area (Å²) >= 11 is 0. The number of hydrogen-bond acceptors (Lipinski definition) is 4. The molecule has 3 N–H and O–H groups in total. The van der Waals surface area contributed by atoms with Crippen molar-refractivity contribution in [3.63, 3.8) is 0 Å². The summed E-state index contributed by atoms with van der Waals surface area (Å²) in [6.45, 7) is 4.14. The molecule has 2 rings (SSSR count). The number of nitrogens with zero attached hydrogens (tertiary/aromatic N) is 2. The Morgan fingerprint density at radius 3 is 2.40 bits per heavy atom. The van der Waals surface area contributed by atoms with E-state index in [9.17, 15) is 9.18 Å². The Morgan fingerprint density at radius 1 is 1.25 bits per heavy atom. The summed E-state index contributed by atoms with van der Waals surface area (Å²) < 4.78 is 12.9. The molecule has 5 nitrogen and oxygen atoms in total. The van der Waals surface area contributed by atoms with Crippen molar-refractivity contribution >= 4 is 11.7 Å². The molecule has 0 bridgehead atoms. The van der Waals surface area contributed by atoms with Crippen LogP contribution in [-0.2, 0) is 4.79 Å². The van der Waals surface area contributed by atoms with Gasteiger partial charge in [0, 0.05) is 38.4 Å². The van der Waals surface area contributed by atoms with Crippen LogP contribution in [0.15, 0.2) is 24.3 Å².